The molecule has 0 saturated heterocycles. The molecule has 0 aliphatic heterocycles. The number of hydrogen-bond acceptors (Lipinski definition) is 3. The maximum Gasteiger partial charge on any atom is 0.115 e. The van der Waals surface area contributed by atoms with Crippen LogP contribution in [0, 0.1) is 0 Å². The van der Waals surface area contributed by atoms with Crippen LogP contribution in [0.5, 0.6) is 0 Å². The Hall–Kier alpha value is -0.390. The van der Waals surface area contributed by atoms with Gasteiger partial charge in [-0.05, 0) is 48.8 Å². The molecule has 0 amide bonds. The van der Waals surface area contributed by atoms with Gasteiger partial charge in [0, 0.05) is 6.54 Å². The second kappa shape index (κ2) is 6.58. The Kier molecular flexibility index (Phi) is 5.26. The molecular weight excluding hydrogens is 318 g/mol. The lowest BCUT2D eigenvalue weighted by Gasteiger charge is -2.44. The third kappa shape index (κ3) is 2.55. The molecule has 1 aliphatic rings. The number of aliphatic hydroxyl groups is 1. The van der Waals surface area contributed by atoms with Crippen molar-refractivity contribution in [2.75, 3.05) is 13.1 Å². The van der Waals surface area contributed by atoms with Crippen LogP contribution in [0.15, 0.2) is 10.7 Å². The lowest BCUT2D eigenvalue weighted by atomic mass is 9.86. The van der Waals surface area contributed by atoms with Crippen molar-refractivity contribution >= 4 is 15.9 Å². The highest BCUT2D eigenvalue weighted by atomic mass is 79.9. The first-order chi connectivity index (χ1) is 9.60. The van der Waals surface area contributed by atoms with Gasteiger partial charge in [-0.3, -0.25) is 9.58 Å². The van der Waals surface area contributed by atoms with Crippen LogP contribution in [0.3, 0.4) is 0 Å². The molecule has 4 nitrogen and oxygen atoms in total. The summed E-state index contributed by atoms with van der Waals surface area (Å²) < 4.78 is 2.84. The third-order valence-electron chi connectivity index (χ3n) is 4.76. The highest BCUT2D eigenvalue weighted by molar-refractivity contribution is 9.10. The third-order valence-corrected chi connectivity index (χ3v) is 5.37. The number of aliphatic hydroxyl groups excluding tert-OH is 1. The molecule has 0 aromatic carbocycles. The minimum atomic E-state index is -0.485. The molecule has 1 aliphatic carbocycles. The van der Waals surface area contributed by atoms with Crippen molar-refractivity contribution in [1.82, 2.24) is 14.7 Å². The summed E-state index contributed by atoms with van der Waals surface area (Å²) in [5.41, 5.74) is 0.806. The number of rotatable bonds is 6. The van der Waals surface area contributed by atoms with Crippen LogP contribution in [0.25, 0.3) is 0 Å². The molecule has 5 heteroatoms. The van der Waals surface area contributed by atoms with Crippen molar-refractivity contribution in [3.8, 4) is 0 Å². The van der Waals surface area contributed by atoms with E-state index in [1.807, 2.05) is 4.68 Å². The van der Waals surface area contributed by atoms with Gasteiger partial charge >= 0.3 is 0 Å². The molecular formula is C15H26BrN3O. The molecule has 1 aromatic heterocycles. The van der Waals surface area contributed by atoms with E-state index in [0.29, 0.717) is 0 Å². The predicted octanol–water partition coefficient (Wildman–Crippen LogP) is 3.35. The molecule has 114 valence electrons. The molecule has 2 rings (SSSR count). The van der Waals surface area contributed by atoms with Crippen LogP contribution < -0.4 is 0 Å². The van der Waals surface area contributed by atoms with Gasteiger partial charge in [-0.15, -0.1) is 0 Å². The average Bonchev–Trinajstić information content (AvgIpc) is 3.07. The van der Waals surface area contributed by atoms with Crippen molar-refractivity contribution in [2.45, 2.75) is 64.6 Å². The summed E-state index contributed by atoms with van der Waals surface area (Å²) in [6, 6.07) is 0. The highest BCUT2D eigenvalue weighted by Crippen LogP contribution is 2.45. The van der Waals surface area contributed by atoms with Crippen molar-refractivity contribution in [1.29, 1.82) is 0 Å². The summed E-state index contributed by atoms with van der Waals surface area (Å²) in [7, 11) is 0. The summed E-state index contributed by atoms with van der Waals surface area (Å²) in [5, 5.41) is 15.5. The number of nitrogens with zero attached hydrogens (tertiary/aromatic N) is 3. The van der Waals surface area contributed by atoms with E-state index in [1.165, 1.54) is 12.8 Å². The lowest BCUT2D eigenvalue weighted by molar-refractivity contribution is -0.0316. The molecule has 1 atom stereocenters. The van der Waals surface area contributed by atoms with Crippen LogP contribution in [0.1, 0.15) is 58.3 Å². The van der Waals surface area contributed by atoms with Crippen LogP contribution >= 0.6 is 15.9 Å². The maximum atomic E-state index is 11.2. The Balaban J connectivity index is 2.41. The second-order valence-electron chi connectivity index (χ2n) is 5.58. The molecule has 1 unspecified atom stereocenters. The molecule has 1 heterocycles. The van der Waals surface area contributed by atoms with Crippen molar-refractivity contribution in [2.24, 2.45) is 0 Å². The maximum absolute atomic E-state index is 11.2. The largest absolute Gasteiger partial charge is 0.385 e. The summed E-state index contributed by atoms with van der Waals surface area (Å²) in [6.07, 6.45) is 5.85. The SMILES string of the molecule is CCN(CC)C1(C(O)c2c(Br)cnn2CC)CCCC1. The van der Waals surface area contributed by atoms with Gasteiger partial charge in [0.05, 0.1) is 21.9 Å². The van der Waals surface area contributed by atoms with E-state index in [2.05, 4.69) is 46.7 Å². The Bertz CT molecular complexity index is 436. The van der Waals surface area contributed by atoms with Gasteiger partial charge in [-0.2, -0.15) is 5.10 Å². The second-order valence-corrected chi connectivity index (χ2v) is 6.43. The first-order valence-electron chi connectivity index (χ1n) is 7.75. The highest BCUT2D eigenvalue weighted by Gasteiger charge is 2.46. The lowest BCUT2D eigenvalue weighted by Crippen LogP contribution is -2.51. The molecule has 1 aromatic rings. The Morgan fingerprint density at radius 2 is 1.95 bits per heavy atom. The molecule has 0 bridgehead atoms. The zero-order chi connectivity index (χ0) is 14.8. The fraction of sp³-hybridized carbons (Fsp3) is 0.800. The molecule has 20 heavy (non-hydrogen) atoms. The number of aryl methyl sites for hydroxylation is 1. The van der Waals surface area contributed by atoms with Crippen LogP contribution in [-0.4, -0.2) is 38.4 Å². The normalized spacial score (nSPS) is 19.7. The van der Waals surface area contributed by atoms with Gasteiger partial charge < -0.3 is 5.11 Å². The summed E-state index contributed by atoms with van der Waals surface area (Å²) in [5.74, 6) is 0. The van der Waals surface area contributed by atoms with Gasteiger partial charge in [0.25, 0.3) is 0 Å². The first-order valence-corrected chi connectivity index (χ1v) is 8.54. The zero-order valence-corrected chi connectivity index (χ0v) is 14.4. The van der Waals surface area contributed by atoms with Gasteiger partial charge in [-0.25, -0.2) is 0 Å². The fourth-order valence-corrected chi connectivity index (χ4v) is 4.27. The molecule has 1 N–H and O–H groups in total. The number of aromatic nitrogens is 2. The number of halogens is 1. The van der Waals surface area contributed by atoms with Crippen LogP contribution in [-0.2, 0) is 6.54 Å². The molecule has 1 fully saturated rings. The topological polar surface area (TPSA) is 41.3 Å². The average molecular weight is 344 g/mol. The molecule has 0 radical (unpaired) electrons. The summed E-state index contributed by atoms with van der Waals surface area (Å²) in [6.45, 7) is 9.17. The predicted molar refractivity (Wildman–Crippen MR) is 84.7 cm³/mol. The van der Waals surface area contributed by atoms with Crippen molar-refractivity contribution in [3.63, 3.8) is 0 Å². The minimum absolute atomic E-state index is 0.126. The standard InChI is InChI=1S/C15H26BrN3O/c1-4-18(5-2)15(9-7-8-10-15)14(20)13-12(16)11-17-19(13)6-3/h11,14,20H,4-10H2,1-3H3. The van der Waals surface area contributed by atoms with Crippen LogP contribution in [0.2, 0.25) is 0 Å². The van der Waals surface area contributed by atoms with Gasteiger partial charge in [0.15, 0.2) is 0 Å². The van der Waals surface area contributed by atoms with E-state index < -0.39 is 6.10 Å². The fourth-order valence-electron chi connectivity index (χ4n) is 3.75. The van der Waals surface area contributed by atoms with Crippen molar-refractivity contribution in [3.05, 3.63) is 16.4 Å². The van der Waals surface area contributed by atoms with Crippen LogP contribution in [0.4, 0.5) is 0 Å². The van der Waals surface area contributed by atoms with E-state index >= 15 is 0 Å². The van der Waals surface area contributed by atoms with E-state index in [4.69, 9.17) is 0 Å². The minimum Gasteiger partial charge on any atom is -0.385 e. The van der Waals surface area contributed by atoms with Gasteiger partial charge in [0.2, 0.25) is 0 Å². The van der Waals surface area contributed by atoms with E-state index in [0.717, 1.165) is 42.6 Å². The van der Waals surface area contributed by atoms with Gasteiger partial charge in [-0.1, -0.05) is 26.7 Å². The van der Waals surface area contributed by atoms with E-state index in [1.54, 1.807) is 6.20 Å². The smallest absolute Gasteiger partial charge is 0.115 e. The van der Waals surface area contributed by atoms with Gasteiger partial charge in [0.1, 0.15) is 6.10 Å². The number of hydrogen-bond donors (Lipinski definition) is 1. The van der Waals surface area contributed by atoms with Crippen molar-refractivity contribution < 1.29 is 5.11 Å². The summed E-state index contributed by atoms with van der Waals surface area (Å²) >= 11 is 3.56. The number of likely N-dealkylation sites (N-methyl/N-ethyl adjacent to an activating group) is 1. The summed E-state index contributed by atoms with van der Waals surface area (Å²) in [4.78, 5) is 2.43. The monoisotopic (exact) mass is 343 g/mol. The quantitative estimate of drug-likeness (QED) is 0.860. The molecule has 1 saturated carbocycles. The van der Waals surface area contributed by atoms with E-state index in [9.17, 15) is 5.11 Å². The Labute approximate surface area is 130 Å². The Morgan fingerprint density at radius 1 is 1.35 bits per heavy atom. The van der Waals surface area contributed by atoms with E-state index in [-0.39, 0.29) is 5.54 Å². The zero-order valence-electron chi connectivity index (χ0n) is 12.8. The Morgan fingerprint density at radius 3 is 2.45 bits per heavy atom. The molecule has 0 spiro atoms. The first kappa shape index (κ1) is 16.0.